The van der Waals surface area contributed by atoms with E-state index in [-0.39, 0.29) is 5.78 Å². The average Bonchev–Trinajstić information content (AvgIpc) is 2.54. The first-order valence-corrected chi connectivity index (χ1v) is 7.36. The second kappa shape index (κ2) is 7.13. The third kappa shape index (κ3) is 3.89. The molecule has 0 N–H and O–H groups in total. The Labute approximate surface area is 136 Å². The molecule has 0 fully saturated rings. The highest BCUT2D eigenvalue weighted by atomic mass is 79.9. The van der Waals surface area contributed by atoms with Crippen molar-refractivity contribution in [3.05, 3.63) is 69.7 Å². The number of hydrogen-bond donors (Lipinski definition) is 0. The molecule has 4 nitrogen and oxygen atoms in total. The van der Waals surface area contributed by atoms with Crippen LogP contribution < -0.4 is 0 Å². The zero-order valence-corrected chi connectivity index (χ0v) is 13.4. The minimum Gasteiger partial charge on any atom is -0.451 e. The molecule has 0 aliphatic carbocycles. The lowest BCUT2D eigenvalue weighted by Crippen LogP contribution is -2.24. The summed E-state index contributed by atoms with van der Waals surface area (Å²) in [6.45, 7) is 1.53. The molecule has 0 radical (unpaired) electrons. The second-order valence-electron chi connectivity index (χ2n) is 4.66. The van der Waals surface area contributed by atoms with Crippen LogP contribution in [0.15, 0.2) is 53.0 Å². The van der Waals surface area contributed by atoms with Crippen LogP contribution in [0, 0.1) is 0 Å². The molecule has 1 atom stereocenters. The minimum absolute atomic E-state index is 0.273. The molecular formula is C17H13BrO4. The Morgan fingerprint density at radius 1 is 1.00 bits per heavy atom. The van der Waals surface area contributed by atoms with Crippen molar-refractivity contribution < 1.29 is 19.1 Å². The molecule has 0 heterocycles. The van der Waals surface area contributed by atoms with Crippen LogP contribution in [-0.4, -0.2) is 24.1 Å². The maximum absolute atomic E-state index is 12.2. The lowest BCUT2D eigenvalue weighted by atomic mass is 10.1. The summed E-state index contributed by atoms with van der Waals surface area (Å²) in [4.78, 5) is 34.7. The lowest BCUT2D eigenvalue weighted by Gasteiger charge is -2.12. The monoisotopic (exact) mass is 360 g/mol. The number of rotatable bonds is 5. The van der Waals surface area contributed by atoms with Crippen LogP contribution in [0.4, 0.5) is 0 Å². The molecule has 0 spiro atoms. The largest absolute Gasteiger partial charge is 0.451 e. The molecule has 5 heteroatoms. The highest BCUT2D eigenvalue weighted by Gasteiger charge is 2.20. The Kier molecular flexibility index (Phi) is 5.22. The number of carbonyl (C=O) groups excluding carboxylic acids is 3. The fourth-order valence-electron chi connectivity index (χ4n) is 1.83. The molecule has 0 aromatic heterocycles. The van der Waals surface area contributed by atoms with Gasteiger partial charge in [0, 0.05) is 15.6 Å². The van der Waals surface area contributed by atoms with Crippen molar-refractivity contribution >= 4 is 34.0 Å². The summed E-state index contributed by atoms with van der Waals surface area (Å²) in [5.74, 6) is -0.874. The Hall–Kier alpha value is -2.27. The summed E-state index contributed by atoms with van der Waals surface area (Å²) in [6.07, 6.45) is -0.200. The quantitative estimate of drug-likeness (QED) is 0.463. The van der Waals surface area contributed by atoms with Gasteiger partial charge in [0.2, 0.25) is 5.78 Å². The first-order valence-electron chi connectivity index (χ1n) is 6.57. The Morgan fingerprint density at radius 3 is 2.09 bits per heavy atom. The van der Waals surface area contributed by atoms with Gasteiger partial charge in [-0.2, -0.15) is 0 Å². The van der Waals surface area contributed by atoms with E-state index in [0.717, 1.165) is 4.47 Å². The Balaban J connectivity index is 2.05. The number of aldehydes is 1. The van der Waals surface area contributed by atoms with Crippen molar-refractivity contribution in [3.8, 4) is 0 Å². The van der Waals surface area contributed by atoms with Crippen LogP contribution in [0.2, 0.25) is 0 Å². The fourth-order valence-corrected chi connectivity index (χ4v) is 2.09. The van der Waals surface area contributed by atoms with Crippen LogP contribution in [-0.2, 0) is 4.74 Å². The van der Waals surface area contributed by atoms with Gasteiger partial charge in [0.25, 0.3) is 0 Å². The normalized spacial score (nSPS) is 11.5. The van der Waals surface area contributed by atoms with Crippen molar-refractivity contribution in [2.75, 3.05) is 0 Å². The molecule has 0 aliphatic heterocycles. The smallest absolute Gasteiger partial charge is 0.338 e. The van der Waals surface area contributed by atoms with E-state index in [0.29, 0.717) is 23.0 Å². The van der Waals surface area contributed by atoms with Gasteiger partial charge in [-0.1, -0.05) is 40.2 Å². The zero-order chi connectivity index (χ0) is 16.1. The molecule has 0 aliphatic rings. The Bertz CT molecular complexity index is 690. The summed E-state index contributed by atoms with van der Waals surface area (Å²) in [5, 5.41) is 0. The fraction of sp³-hybridized carbons (Fsp3) is 0.118. The Morgan fingerprint density at radius 2 is 1.55 bits per heavy atom. The standard InChI is InChI=1S/C17H13BrO4/c1-11(16(20)13-6-8-15(18)9-7-13)22-17(21)14-4-2-12(10-19)3-5-14/h2-11H,1H3/t11-/m1/s1. The summed E-state index contributed by atoms with van der Waals surface area (Å²) >= 11 is 3.29. The maximum atomic E-state index is 12.2. The number of ketones is 1. The first-order chi connectivity index (χ1) is 10.5. The number of esters is 1. The van der Waals surface area contributed by atoms with E-state index in [1.165, 1.54) is 31.2 Å². The molecule has 22 heavy (non-hydrogen) atoms. The molecule has 2 aromatic rings. The lowest BCUT2D eigenvalue weighted by molar-refractivity contribution is 0.0318. The third-order valence-electron chi connectivity index (χ3n) is 3.06. The van der Waals surface area contributed by atoms with Gasteiger partial charge >= 0.3 is 5.97 Å². The van der Waals surface area contributed by atoms with Crippen LogP contribution >= 0.6 is 15.9 Å². The maximum Gasteiger partial charge on any atom is 0.338 e. The predicted octanol–water partition coefficient (Wildman–Crippen LogP) is 3.69. The van der Waals surface area contributed by atoms with Crippen molar-refractivity contribution in [1.29, 1.82) is 0 Å². The molecule has 0 unspecified atom stereocenters. The molecule has 2 rings (SSSR count). The third-order valence-corrected chi connectivity index (χ3v) is 3.59. The SMILES string of the molecule is C[C@@H](OC(=O)c1ccc(C=O)cc1)C(=O)c1ccc(Br)cc1. The number of halogens is 1. The van der Waals surface area contributed by atoms with E-state index in [2.05, 4.69) is 15.9 Å². The zero-order valence-electron chi connectivity index (χ0n) is 11.8. The van der Waals surface area contributed by atoms with E-state index in [4.69, 9.17) is 4.74 Å². The molecule has 112 valence electrons. The van der Waals surface area contributed by atoms with Crippen LogP contribution in [0.25, 0.3) is 0 Å². The summed E-state index contributed by atoms with van der Waals surface area (Å²) in [6, 6.07) is 12.8. The molecule has 2 aromatic carbocycles. The van der Waals surface area contributed by atoms with Crippen LogP contribution in [0.5, 0.6) is 0 Å². The van der Waals surface area contributed by atoms with E-state index < -0.39 is 12.1 Å². The molecule has 0 saturated carbocycles. The molecule has 0 bridgehead atoms. The summed E-state index contributed by atoms with van der Waals surface area (Å²) in [7, 11) is 0. The summed E-state index contributed by atoms with van der Waals surface area (Å²) < 4.78 is 6.03. The number of ether oxygens (including phenoxy) is 1. The molecular weight excluding hydrogens is 348 g/mol. The van der Waals surface area contributed by atoms with E-state index in [9.17, 15) is 14.4 Å². The number of hydrogen-bond acceptors (Lipinski definition) is 4. The van der Waals surface area contributed by atoms with E-state index in [1.807, 2.05) is 0 Å². The summed E-state index contributed by atoms with van der Waals surface area (Å²) in [5.41, 5.74) is 1.23. The van der Waals surface area contributed by atoms with Gasteiger partial charge < -0.3 is 4.74 Å². The number of Topliss-reactive ketones (excluding diaryl/α,β-unsaturated/α-hetero) is 1. The van der Waals surface area contributed by atoms with Gasteiger partial charge in [-0.3, -0.25) is 9.59 Å². The van der Waals surface area contributed by atoms with Crippen molar-refractivity contribution in [2.24, 2.45) is 0 Å². The van der Waals surface area contributed by atoms with Crippen molar-refractivity contribution in [2.45, 2.75) is 13.0 Å². The topological polar surface area (TPSA) is 60.4 Å². The minimum atomic E-state index is -0.889. The second-order valence-corrected chi connectivity index (χ2v) is 5.57. The van der Waals surface area contributed by atoms with E-state index >= 15 is 0 Å². The van der Waals surface area contributed by atoms with Gasteiger partial charge in [-0.05, 0) is 31.2 Å². The van der Waals surface area contributed by atoms with Gasteiger partial charge in [0.05, 0.1) is 5.56 Å². The van der Waals surface area contributed by atoms with Crippen molar-refractivity contribution in [3.63, 3.8) is 0 Å². The molecule has 0 amide bonds. The van der Waals surface area contributed by atoms with Gasteiger partial charge in [-0.25, -0.2) is 4.79 Å². The molecule has 0 saturated heterocycles. The van der Waals surface area contributed by atoms with E-state index in [1.54, 1.807) is 24.3 Å². The van der Waals surface area contributed by atoms with Crippen LogP contribution in [0.1, 0.15) is 38.0 Å². The highest BCUT2D eigenvalue weighted by Crippen LogP contribution is 2.14. The number of benzene rings is 2. The van der Waals surface area contributed by atoms with Gasteiger partial charge in [0.15, 0.2) is 6.10 Å². The highest BCUT2D eigenvalue weighted by molar-refractivity contribution is 9.10. The van der Waals surface area contributed by atoms with Crippen LogP contribution in [0.3, 0.4) is 0 Å². The first kappa shape index (κ1) is 16.1. The average molecular weight is 361 g/mol. The van der Waals surface area contributed by atoms with Crippen molar-refractivity contribution in [1.82, 2.24) is 0 Å². The van der Waals surface area contributed by atoms with Gasteiger partial charge in [-0.15, -0.1) is 0 Å². The predicted molar refractivity (Wildman–Crippen MR) is 85.2 cm³/mol. The van der Waals surface area contributed by atoms with Gasteiger partial charge in [0.1, 0.15) is 6.29 Å². The number of carbonyl (C=O) groups is 3.